The molecule has 27 heavy (non-hydrogen) atoms. The second kappa shape index (κ2) is 6.82. The molecular weight excluding hydrogens is 416 g/mol. The van der Waals surface area contributed by atoms with Crippen LogP contribution in [0.5, 0.6) is 0 Å². The number of halogens is 4. The lowest BCUT2D eigenvalue weighted by Gasteiger charge is -2.32. The molecule has 0 aromatic heterocycles. The van der Waals surface area contributed by atoms with Crippen molar-refractivity contribution >= 4 is 52.4 Å². The highest BCUT2D eigenvalue weighted by Gasteiger charge is 2.43. The number of esters is 1. The number of rotatable bonds is 2. The molecule has 4 nitrogen and oxygen atoms in total. The fourth-order valence-corrected chi connectivity index (χ4v) is 4.14. The highest BCUT2D eigenvalue weighted by Crippen LogP contribution is 2.44. The van der Waals surface area contributed by atoms with Gasteiger partial charge in [-0.3, -0.25) is 9.69 Å². The van der Waals surface area contributed by atoms with Crippen molar-refractivity contribution in [1.82, 2.24) is 0 Å². The third-order valence-corrected chi connectivity index (χ3v) is 5.47. The van der Waals surface area contributed by atoms with Crippen LogP contribution >= 0.6 is 34.8 Å². The van der Waals surface area contributed by atoms with Crippen molar-refractivity contribution in [3.63, 3.8) is 0 Å². The average Bonchev–Trinajstić information content (AvgIpc) is 2.99. The molecule has 2 aromatic rings. The van der Waals surface area contributed by atoms with Crippen LogP contribution in [0.2, 0.25) is 15.1 Å². The molecule has 4 rings (SSSR count). The second-order valence-electron chi connectivity index (χ2n) is 6.19. The van der Waals surface area contributed by atoms with Gasteiger partial charge in [-0.25, -0.2) is 9.18 Å². The summed E-state index contributed by atoms with van der Waals surface area (Å²) >= 11 is 18.1. The van der Waals surface area contributed by atoms with Gasteiger partial charge in [0, 0.05) is 22.4 Å². The summed E-state index contributed by atoms with van der Waals surface area (Å²) in [6, 6.07) is 8.86. The van der Waals surface area contributed by atoms with Crippen molar-refractivity contribution in [2.75, 3.05) is 11.5 Å². The average molecular weight is 427 g/mol. The molecule has 0 spiro atoms. The van der Waals surface area contributed by atoms with Gasteiger partial charge in [-0.05, 0) is 35.9 Å². The van der Waals surface area contributed by atoms with Gasteiger partial charge in [0.1, 0.15) is 12.4 Å². The number of hydrogen-bond donors (Lipinski definition) is 0. The van der Waals surface area contributed by atoms with Gasteiger partial charge in [-0.15, -0.1) is 0 Å². The van der Waals surface area contributed by atoms with Crippen LogP contribution in [-0.2, 0) is 14.3 Å². The molecule has 1 unspecified atom stereocenters. The Bertz CT molecular complexity index is 1020. The molecule has 0 saturated heterocycles. The molecule has 0 saturated carbocycles. The summed E-state index contributed by atoms with van der Waals surface area (Å²) in [5, 5.41) is 0.706. The van der Waals surface area contributed by atoms with Gasteiger partial charge in [0.15, 0.2) is 0 Å². The third-order valence-electron chi connectivity index (χ3n) is 4.62. The Labute approximate surface area is 169 Å². The molecule has 0 bridgehead atoms. The maximum Gasteiger partial charge on any atom is 0.336 e. The van der Waals surface area contributed by atoms with Crippen LogP contribution in [0.1, 0.15) is 17.9 Å². The third kappa shape index (κ3) is 3.10. The Kier molecular flexibility index (Phi) is 4.62. The lowest BCUT2D eigenvalue weighted by atomic mass is 9.84. The maximum atomic E-state index is 13.5. The van der Waals surface area contributed by atoms with E-state index in [2.05, 4.69) is 0 Å². The van der Waals surface area contributed by atoms with Crippen molar-refractivity contribution < 1.29 is 18.7 Å². The molecule has 2 aliphatic rings. The first-order valence-electron chi connectivity index (χ1n) is 8.00. The second-order valence-corrected chi connectivity index (χ2v) is 7.44. The van der Waals surface area contributed by atoms with Crippen molar-refractivity contribution in [3.05, 3.63) is 74.1 Å². The summed E-state index contributed by atoms with van der Waals surface area (Å²) in [5.41, 5.74) is 1.77. The number of cyclic esters (lactones) is 1. The largest absolute Gasteiger partial charge is 0.456 e. The number of amides is 1. The Balaban J connectivity index is 1.85. The lowest BCUT2D eigenvalue weighted by Crippen LogP contribution is -2.37. The zero-order valence-corrected chi connectivity index (χ0v) is 15.9. The van der Waals surface area contributed by atoms with E-state index < -0.39 is 17.7 Å². The quantitative estimate of drug-likeness (QED) is 0.626. The van der Waals surface area contributed by atoms with Crippen LogP contribution in [0.3, 0.4) is 0 Å². The predicted molar refractivity (Wildman–Crippen MR) is 101 cm³/mol. The fourth-order valence-electron chi connectivity index (χ4n) is 3.43. The number of anilines is 1. The fraction of sp³-hybridized carbons (Fsp3) is 0.158. The minimum Gasteiger partial charge on any atom is -0.456 e. The molecule has 0 fully saturated rings. The van der Waals surface area contributed by atoms with Crippen LogP contribution in [0.15, 0.2) is 47.7 Å². The van der Waals surface area contributed by atoms with Crippen LogP contribution in [-0.4, -0.2) is 18.5 Å². The summed E-state index contributed by atoms with van der Waals surface area (Å²) in [6.07, 6.45) is 0.00425. The van der Waals surface area contributed by atoms with Crippen LogP contribution in [0, 0.1) is 5.82 Å². The van der Waals surface area contributed by atoms with Crippen molar-refractivity contribution in [2.45, 2.75) is 12.3 Å². The van der Waals surface area contributed by atoms with Crippen LogP contribution < -0.4 is 4.90 Å². The smallest absolute Gasteiger partial charge is 0.336 e. The number of carbonyl (C=O) groups is 2. The number of benzene rings is 2. The maximum absolute atomic E-state index is 13.5. The standard InChI is InChI=1S/C19H11Cl3FNO3/c20-9-1-3-11(13(21)5-9)12-7-17(25)24(16-8-27-19(26)18(12)16)10-2-4-15(23)14(22)6-10/h1-6,12H,7-8H2. The van der Waals surface area contributed by atoms with Crippen molar-refractivity contribution in [1.29, 1.82) is 0 Å². The summed E-state index contributed by atoms with van der Waals surface area (Å²) in [6.45, 7) is -0.0589. The van der Waals surface area contributed by atoms with E-state index in [9.17, 15) is 14.0 Å². The van der Waals surface area contributed by atoms with Gasteiger partial charge in [0.2, 0.25) is 5.91 Å². The monoisotopic (exact) mass is 425 g/mol. The van der Waals surface area contributed by atoms with Crippen LogP contribution in [0.25, 0.3) is 0 Å². The predicted octanol–water partition coefficient (Wildman–Crippen LogP) is 5.12. The summed E-state index contributed by atoms with van der Waals surface area (Å²) in [7, 11) is 0. The van der Waals surface area contributed by atoms with E-state index in [1.165, 1.54) is 23.1 Å². The highest BCUT2D eigenvalue weighted by molar-refractivity contribution is 6.35. The first-order chi connectivity index (χ1) is 12.9. The lowest BCUT2D eigenvalue weighted by molar-refractivity contribution is -0.136. The first-order valence-corrected chi connectivity index (χ1v) is 9.13. The van der Waals surface area contributed by atoms with Gasteiger partial charge in [0.25, 0.3) is 0 Å². The van der Waals surface area contributed by atoms with Crippen molar-refractivity contribution in [2.24, 2.45) is 0 Å². The van der Waals surface area contributed by atoms with Crippen molar-refractivity contribution in [3.8, 4) is 0 Å². The molecule has 2 heterocycles. The van der Waals surface area contributed by atoms with E-state index in [0.717, 1.165) is 0 Å². The number of nitrogens with zero attached hydrogens (tertiary/aromatic N) is 1. The highest BCUT2D eigenvalue weighted by atomic mass is 35.5. The molecule has 0 N–H and O–H groups in total. The molecule has 0 aliphatic carbocycles. The first kappa shape index (κ1) is 18.3. The van der Waals surface area contributed by atoms with E-state index in [1.807, 2.05) is 0 Å². The Morgan fingerprint density at radius 2 is 1.81 bits per heavy atom. The van der Waals surface area contributed by atoms with E-state index in [4.69, 9.17) is 39.5 Å². The molecule has 8 heteroatoms. The van der Waals surface area contributed by atoms with Gasteiger partial charge < -0.3 is 4.74 Å². The molecule has 1 amide bonds. The van der Waals surface area contributed by atoms with Gasteiger partial charge >= 0.3 is 5.97 Å². The SMILES string of the molecule is O=C1OCC2=C1C(c1ccc(Cl)cc1Cl)CC(=O)N2c1ccc(F)c(Cl)c1. The molecular formula is C19H11Cl3FNO3. The zero-order chi connectivity index (χ0) is 19.3. The van der Waals surface area contributed by atoms with Gasteiger partial charge in [-0.1, -0.05) is 40.9 Å². The topological polar surface area (TPSA) is 46.6 Å². The minimum atomic E-state index is -0.594. The van der Waals surface area contributed by atoms with E-state index >= 15 is 0 Å². The van der Waals surface area contributed by atoms with E-state index in [0.29, 0.717) is 32.6 Å². The molecule has 1 atom stereocenters. The van der Waals surface area contributed by atoms with Gasteiger partial charge in [0.05, 0.1) is 22.0 Å². The van der Waals surface area contributed by atoms with E-state index in [-0.39, 0.29) is 24.0 Å². The molecule has 0 radical (unpaired) electrons. The Morgan fingerprint density at radius 3 is 2.52 bits per heavy atom. The molecule has 2 aromatic carbocycles. The van der Waals surface area contributed by atoms with Crippen LogP contribution in [0.4, 0.5) is 10.1 Å². The minimum absolute atomic E-state index is 0.00425. The van der Waals surface area contributed by atoms with E-state index in [1.54, 1.807) is 18.2 Å². The number of ether oxygens (including phenoxy) is 1. The number of hydrogen-bond acceptors (Lipinski definition) is 3. The molecule has 2 aliphatic heterocycles. The van der Waals surface area contributed by atoms with Gasteiger partial charge in [-0.2, -0.15) is 0 Å². The molecule has 138 valence electrons. The number of carbonyl (C=O) groups excluding carboxylic acids is 2. The summed E-state index contributed by atoms with van der Waals surface area (Å²) in [5.74, 6) is -1.92. The Morgan fingerprint density at radius 1 is 1.04 bits per heavy atom. The Hall–Kier alpha value is -2.08. The summed E-state index contributed by atoms with van der Waals surface area (Å²) in [4.78, 5) is 26.7. The normalized spacial score (nSPS) is 19.4. The summed E-state index contributed by atoms with van der Waals surface area (Å²) < 4.78 is 18.7. The zero-order valence-electron chi connectivity index (χ0n) is 13.6.